The molecule has 0 aliphatic heterocycles. The third-order valence-corrected chi connectivity index (χ3v) is 4.75. The summed E-state index contributed by atoms with van der Waals surface area (Å²) in [5.41, 5.74) is 8.33. The van der Waals surface area contributed by atoms with Crippen molar-refractivity contribution in [1.29, 1.82) is 0 Å². The number of benzene rings is 2. The maximum Gasteiger partial charge on any atom is 0.160 e. The van der Waals surface area contributed by atoms with E-state index in [2.05, 4.69) is 39.9 Å². The number of nitrogens with zero attached hydrogens (tertiary/aromatic N) is 4. The highest BCUT2D eigenvalue weighted by Crippen LogP contribution is 2.25. The first kappa shape index (κ1) is 17.8. The Morgan fingerprint density at radius 2 is 1.85 bits per heavy atom. The highest BCUT2D eigenvalue weighted by molar-refractivity contribution is 5.97. The number of carbonyl (C=O) groups is 1. The fourth-order valence-electron chi connectivity index (χ4n) is 3.52. The summed E-state index contributed by atoms with van der Waals surface area (Å²) in [4.78, 5) is 12.0. The molecule has 0 bridgehead atoms. The van der Waals surface area contributed by atoms with Crippen LogP contribution in [0.4, 0.5) is 5.69 Å². The Balaban J connectivity index is 1.85. The summed E-state index contributed by atoms with van der Waals surface area (Å²) < 4.78 is 1.65. The molecule has 0 spiro atoms. The van der Waals surface area contributed by atoms with Crippen molar-refractivity contribution >= 4 is 11.5 Å². The molecule has 0 aliphatic carbocycles. The summed E-state index contributed by atoms with van der Waals surface area (Å²) in [7, 11) is 0. The van der Waals surface area contributed by atoms with Gasteiger partial charge in [-0.15, -0.1) is 5.10 Å². The molecule has 0 aliphatic rings. The average molecular weight is 349 g/mol. The second-order valence-electron chi connectivity index (χ2n) is 6.65. The van der Waals surface area contributed by atoms with Gasteiger partial charge in [0, 0.05) is 17.8 Å². The minimum Gasteiger partial charge on any atom is -0.381 e. The minimum absolute atomic E-state index is 0.114. The molecule has 1 heterocycles. The minimum atomic E-state index is 0.114. The molecule has 6 heteroatoms. The van der Waals surface area contributed by atoms with Crippen molar-refractivity contribution in [2.45, 2.75) is 41.2 Å². The fourth-order valence-corrected chi connectivity index (χ4v) is 3.52. The van der Waals surface area contributed by atoms with Crippen molar-refractivity contribution in [3.05, 3.63) is 64.0 Å². The molecule has 1 N–H and O–H groups in total. The third-order valence-electron chi connectivity index (χ3n) is 4.75. The number of Topliss-reactive ketones (excluding diaryl/α,β-unsaturated/α-hetero) is 1. The first-order chi connectivity index (χ1) is 12.4. The topological polar surface area (TPSA) is 72.7 Å². The largest absolute Gasteiger partial charge is 0.381 e. The number of aryl methyl sites for hydroxylation is 3. The zero-order chi connectivity index (χ0) is 18.8. The lowest BCUT2D eigenvalue weighted by Gasteiger charge is -2.17. The van der Waals surface area contributed by atoms with Gasteiger partial charge in [0.2, 0.25) is 0 Å². The van der Waals surface area contributed by atoms with Gasteiger partial charge in [0.15, 0.2) is 5.78 Å². The van der Waals surface area contributed by atoms with Crippen LogP contribution in [-0.2, 0) is 6.54 Å². The van der Waals surface area contributed by atoms with E-state index in [9.17, 15) is 4.79 Å². The van der Waals surface area contributed by atoms with Crippen LogP contribution < -0.4 is 5.32 Å². The Bertz CT molecular complexity index is 961. The molecular weight excluding hydrogens is 326 g/mol. The van der Waals surface area contributed by atoms with E-state index < -0.39 is 0 Å². The lowest BCUT2D eigenvalue weighted by atomic mass is 9.91. The quantitative estimate of drug-likeness (QED) is 0.711. The van der Waals surface area contributed by atoms with E-state index in [0.717, 1.165) is 33.6 Å². The van der Waals surface area contributed by atoms with E-state index in [1.54, 1.807) is 17.9 Å². The number of rotatable bonds is 5. The van der Waals surface area contributed by atoms with Gasteiger partial charge in [-0.3, -0.25) is 4.79 Å². The maximum atomic E-state index is 12.0. The third kappa shape index (κ3) is 3.35. The number of nitrogens with one attached hydrogen (secondary N) is 1. The van der Waals surface area contributed by atoms with Crippen molar-refractivity contribution in [2.24, 2.45) is 0 Å². The zero-order valence-corrected chi connectivity index (χ0v) is 15.8. The Hall–Kier alpha value is -3.02. The molecule has 0 unspecified atom stereocenters. The first-order valence-electron chi connectivity index (χ1n) is 8.57. The summed E-state index contributed by atoms with van der Waals surface area (Å²) >= 11 is 0. The Morgan fingerprint density at radius 1 is 1.08 bits per heavy atom. The molecule has 0 atom stereocenters. The smallest absolute Gasteiger partial charge is 0.160 e. The van der Waals surface area contributed by atoms with Gasteiger partial charge in [-0.25, -0.2) is 4.68 Å². The van der Waals surface area contributed by atoms with Gasteiger partial charge in [0.1, 0.15) is 6.33 Å². The molecule has 6 nitrogen and oxygen atoms in total. The molecule has 3 rings (SSSR count). The van der Waals surface area contributed by atoms with E-state index >= 15 is 0 Å². The predicted molar refractivity (Wildman–Crippen MR) is 102 cm³/mol. The summed E-state index contributed by atoms with van der Waals surface area (Å²) in [6, 6.07) is 8.16. The number of carbonyl (C=O) groups excluding carboxylic acids is 1. The van der Waals surface area contributed by atoms with Crippen LogP contribution in [0.15, 0.2) is 30.6 Å². The van der Waals surface area contributed by atoms with Crippen LogP contribution >= 0.6 is 0 Å². The second kappa shape index (κ2) is 7.07. The number of ketones is 1. The number of tetrazole rings is 1. The standard InChI is InChI=1S/C20H23N5O/c1-12-8-14(3)20(16(5)26)15(4)18(12)10-21-17-6-7-19(13(2)9-17)25-11-22-23-24-25/h6-9,11,21H,10H2,1-5H3. The lowest BCUT2D eigenvalue weighted by Crippen LogP contribution is -2.10. The van der Waals surface area contributed by atoms with Gasteiger partial charge in [0.05, 0.1) is 5.69 Å². The van der Waals surface area contributed by atoms with Gasteiger partial charge < -0.3 is 5.32 Å². The van der Waals surface area contributed by atoms with E-state index in [0.29, 0.717) is 6.54 Å². The summed E-state index contributed by atoms with van der Waals surface area (Å²) in [5.74, 6) is 0.114. The molecule has 134 valence electrons. The Morgan fingerprint density at radius 3 is 2.46 bits per heavy atom. The molecular formula is C20H23N5O. The molecule has 3 aromatic rings. The molecule has 2 aromatic carbocycles. The molecule has 0 saturated carbocycles. The number of hydrogen-bond donors (Lipinski definition) is 1. The van der Waals surface area contributed by atoms with Crippen molar-refractivity contribution in [2.75, 3.05) is 5.32 Å². The van der Waals surface area contributed by atoms with Crippen LogP contribution in [-0.4, -0.2) is 26.0 Å². The van der Waals surface area contributed by atoms with Crippen LogP contribution in [0.25, 0.3) is 5.69 Å². The zero-order valence-electron chi connectivity index (χ0n) is 15.8. The van der Waals surface area contributed by atoms with Crippen LogP contribution in [0.3, 0.4) is 0 Å². The second-order valence-corrected chi connectivity index (χ2v) is 6.65. The Labute approximate surface area is 153 Å². The summed E-state index contributed by atoms with van der Waals surface area (Å²) in [5, 5.41) is 14.8. The monoisotopic (exact) mass is 349 g/mol. The summed E-state index contributed by atoms with van der Waals surface area (Å²) in [6.45, 7) is 10.4. The molecule has 0 radical (unpaired) electrons. The van der Waals surface area contributed by atoms with E-state index in [-0.39, 0.29) is 5.78 Å². The maximum absolute atomic E-state index is 12.0. The summed E-state index contributed by atoms with van der Waals surface area (Å²) in [6.07, 6.45) is 1.58. The highest BCUT2D eigenvalue weighted by Gasteiger charge is 2.14. The number of anilines is 1. The van der Waals surface area contributed by atoms with Crippen molar-refractivity contribution in [1.82, 2.24) is 20.2 Å². The number of hydrogen-bond acceptors (Lipinski definition) is 5. The van der Waals surface area contributed by atoms with Crippen molar-refractivity contribution < 1.29 is 4.79 Å². The highest BCUT2D eigenvalue weighted by atomic mass is 16.1. The van der Waals surface area contributed by atoms with Crippen LogP contribution in [0.5, 0.6) is 0 Å². The van der Waals surface area contributed by atoms with Gasteiger partial charge in [-0.1, -0.05) is 6.07 Å². The van der Waals surface area contributed by atoms with Crippen molar-refractivity contribution in [3.8, 4) is 5.69 Å². The lowest BCUT2D eigenvalue weighted by molar-refractivity contribution is 0.101. The fraction of sp³-hybridized carbons (Fsp3) is 0.300. The van der Waals surface area contributed by atoms with Crippen LogP contribution in [0.1, 0.15) is 45.1 Å². The van der Waals surface area contributed by atoms with Gasteiger partial charge in [-0.2, -0.15) is 0 Å². The van der Waals surface area contributed by atoms with Crippen LogP contribution in [0.2, 0.25) is 0 Å². The van der Waals surface area contributed by atoms with Gasteiger partial charge in [0.25, 0.3) is 0 Å². The molecule has 26 heavy (non-hydrogen) atoms. The Kier molecular flexibility index (Phi) is 4.84. The normalized spacial score (nSPS) is 10.8. The van der Waals surface area contributed by atoms with E-state index in [4.69, 9.17) is 0 Å². The first-order valence-corrected chi connectivity index (χ1v) is 8.57. The number of aromatic nitrogens is 4. The SMILES string of the molecule is CC(=O)c1c(C)cc(C)c(CNc2ccc(-n3cnnn3)c(C)c2)c1C. The molecule has 0 fully saturated rings. The average Bonchev–Trinajstić information content (AvgIpc) is 3.08. The molecule has 0 amide bonds. The predicted octanol–water partition coefficient (Wildman–Crippen LogP) is 3.71. The van der Waals surface area contributed by atoms with Crippen molar-refractivity contribution in [3.63, 3.8) is 0 Å². The molecule has 1 aromatic heterocycles. The van der Waals surface area contributed by atoms with Gasteiger partial charge in [-0.05, 0) is 91.1 Å². The molecule has 0 saturated heterocycles. The van der Waals surface area contributed by atoms with Crippen LogP contribution in [0, 0.1) is 27.7 Å². The van der Waals surface area contributed by atoms with E-state index in [1.165, 1.54) is 11.1 Å². The van der Waals surface area contributed by atoms with Gasteiger partial charge >= 0.3 is 0 Å². The van der Waals surface area contributed by atoms with E-state index in [1.807, 2.05) is 32.9 Å².